The van der Waals surface area contributed by atoms with Gasteiger partial charge in [0.05, 0.1) is 24.4 Å². The van der Waals surface area contributed by atoms with Crippen molar-refractivity contribution in [3.8, 4) is 0 Å². The molecule has 0 unspecified atom stereocenters. The number of carbonyl (C=O) groups is 1. The van der Waals surface area contributed by atoms with Gasteiger partial charge in [0.15, 0.2) is 0 Å². The van der Waals surface area contributed by atoms with Crippen LogP contribution in [0.1, 0.15) is 38.7 Å². The molecule has 0 bridgehead atoms. The smallest absolute Gasteiger partial charge is 0.410 e. The lowest BCUT2D eigenvalue weighted by molar-refractivity contribution is -0.0415. The standard InChI is InChI=1S/C24H31F2N5O3/c1-17(2)33-24(32)30-12-6-20(7-13-30)34-28-19-4-10-29(11-5-19)23-15-21(25)18(14-22(23)26)16-31-9-3-8-27-31/h3-4,8-9,14-15,17,20,28H,5-7,10-13,16H2,1-2H3. The maximum Gasteiger partial charge on any atom is 0.410 e. The van der Waals surface area contributed by atoms with Crippen molar-refractivity contribution in [2.45, 2.75) is 51.9 Å². The highest BCUT2D eigenvalue weighted by Crippen LogP contribution is 2.26. The van der Waals surface area contributed by atoms with Crippen LogP contribution in [0.3, 0.4) is 0 Å². The van der Waals surface area contributed by atoms with E-state index >= 15 is 0 Å². The van der Waals surface area contributed by atoms with E-state index in [1.807, 2.05) is 19.9 Å². The number of piperidine rings is 1. The average molecular weight is 476 g/mol. The fraction of sp³-hybridized carbons (Fsp3) is 0.500. The third-order valence-electron chi connectivity index (χ3n) is 5.95. The van der Waals surface area contributed by atoms with Crippen molar-refractivity contribution >= 4 is 11.8 Å². The maximum atomic E-state index is 14.8. The minimum atomic E-state index is -0.452. The molecule has 0 saturated carbocycles. The van der Waals surface area contributed by atoms with E-state index < -0.39 is 11.6 Å². The summed E-state index contributed by atoms with van der Waals surface area (Å²) in [6, 6.07) is 4.25. The highest BCUT2D eigenvalue weighted by atomic mass is 19.1. The van der Waals surface area contributed by atoms with Crippen LogP contribution in [0.2, 0.25) is 0 Å². The number of halogens is 2. The monoisotopic (exact) mass is 475 g/mol. The largest absolute Gasteiger partial charge is 0.447 e. The van der Waals surface area contributed by atoms with E-state index in [1.54, 1.807) is 32.9 Å². The molecule has 1 fully saturated rings. The number of aromatic nitrogens is 2. The van der Waals surface area contributed by atoms with E-state index in [9.17, 15) is 13.6 Å². The molecule has 0 aliphatic carbocycles. The Bertz CT molecular complexity index is 1000. The van der Waals surface area contributed by atoms with Gasteiger partial charge in [0.25, 0.3) is 0 Å². The topological polar surface area (TPSA) is 71.9 Å². The summed E-state index contributed by atoms with van der Waals surface area (Å²) >= 11 is 0. The SMILES string of the molecule is CC(C)OC(=O)N1CCC(ONC2=CCN(c3cc(F)c(Cn4cccn4)cc3F)CC2)CC1. The average Bonchev–Trinajstić information content (AvgIpc) is 3.33. The van der Waals surface area contributed by atoms with E-state index in [-0.39, 0.29) is 36.1 Å². The summed E-state index contributed by atoms with van der Waals surface area (Å²) in [4.78, 5) is 21.3. The first kappa shape index (κ1) is 24.0. The molecule has 1 amide bonds. The molecule has 2 aliphatic rings. The molecule has 4 rings (SSSR count). The molecular formula is C24H31F2N5O3. The Morgan fingerprint density at radius 1 is 1.21 bits per heavy atom. The van der Waals surface area contributed by atoms with Crippen molar-refractivity contribution in [2.24, 2.45) is 0 Å². The van der Waals surface area contributed by atoms with Crippen molar-refractivity contribution in [3.63, 3.8) is 0 Å². The first-order chi connectivity index (χ1) is 16.4. The van der Waals surface area contributed by atoms with Gasteiger partial charge in [0.2, 0.25) is 0 Å². The number of carbonyl (C=O) groups excluding carboxylic acids is 1. The van der Waals surface area contributed by atoms with Gasteiger partial charge in [-0.2, -0.15) is 5.10 Å². The van der Waals surface area contributed by atoms with Crippen molar-refractivity contribution in [3.05, 3.63) is 59.6 Å². The Kier molecular flexibility index (Phi) is 7.66. The van der Waals surface area contributed by atoms with Crippen LogP contribution >= 0.6 is 0 Å². The summed E-state index contributed by atoms with van der Waals surface area (Å²) in [5.41, 5.74) is 4.44. The first-order valence-corrected chi connectivity index (χ1v) is 11.7. The zero-order chi connectivity index (χ0) is 24.1. The molecule has 0 spiro atoms. The van der Waals surface area contributed by atoms with E-state index in [0.717, 1.165) is 18.5 Å². The van der Waals surface area contributed by atoms with Crippen LogP contribution in [0.15, 0.2) is 42.4 Å². The Labute approximate surface area is 198 Å². The molecule has 8 nitrogen and oxygen atoms in total. The number of benzene rings is 1. The van der Waals surface area contributed by atoms with Crippen LogP contribution in [0, 0.1) is 11.6 Å². The summed E-state index contributed by atoms with van der Waals surface area (Å²) in [6.45, 7) is 6.01. The highest BCUT2D eigenvalue weighted by molar-refractivity contribution is 5.67. The number of nitrogens with one attached hydrogen (secondary N) is 1. The number of nitrogens with zero attached hydrogens (tertiary/aromatic N) is 4. The third kappa shape index (κ3) is 6.05. The van der Waals surface area contributed by atoms with Crippen molar-refractivity contribution in [2.75, 3.05) is 31.1 Å². The minimum absolute atomic E-state index is 0.00380. The number of ether oxygens (including phenoxy) is 1. The number of anilines is 1. The summed E-state index contributed by atoms with van der Waals surface area (Å²) in [6.07, 6.45) is 6.87. The van der Waals surface area contributed by atoms with Crippen LogP contribution in [0.4, 0.5) is 19.3 Å². The Balaban J connectivity index is 1.25. The molecule has 34 heavy (non-hydrogen) atoms. The number of hydrogen-bond donors (Lipinski definition) is 1. The fourth-order valence-corrected chi connectivity index (χ4v) is 4.08. The highest BCUT2D eigenvalue weighted by Gasteiger charge is 2.26. The van der Waals surface area contributed by atoms with Gasteiger partial charge in [-0.1, -0.05) is 0 Å². The lowest BCUT2D eigenvalue weighted by Crippen LogP contribution is -2.43. The normalized spacial score (nSPS) is 17.1. The van der Waals surface area contributed by atoms with Crippen molar-refractivity contribution < 1.29 is 23.1 Å². The second kappa shape index (κ2) is 10.9. The summed E-state index contributed by atoms with van der Waals surface area (Å²) in [7, 11) is 0. The molecule has 0 atom stereocenters. The van der Waals surface area contributed by atoms with Gasteiger partial charge in [-0.25, -0.2) is 13.6 Å². The third-order valence-corrected chi connectivity index (χ3v) is 5.95. The molecule has 1 saturated heterocycles. The Morgan fingerprint density at radius 3 is 2.65 bits per heavy atom. The molecule has 1 N–H and O–H groups in total. The van der Waals surface area contributed by atoms with E-state index in [4.69, 9.17) is 9.57 Å². The quantitative estimate of drug-likeness (QED) is 0.614. The minimum Gasteiger partial charge on any atom is -0.447 e. The number of rotatable bonds is 7. The molecule has 1 aromatic carbocycles. The van der Waals surface area contributed by atoms with E-state index in [1.165, 1.54) is 12.1 Å². The van der Waals surface area contributed by atoms with Crippen molar-refractivity contribution in [1.29, 1.82) is 0 Å². The molecule has 3 heterocycles. The lowest BCUT2D eigenvalue weighted by Gasteiger charge is -2.33. The van der Waals surface area contributed by atoms with Crippen LogP contribution in [0.5, 0.6) is 0 Å². The van der Waals surface area contributed by atoms with Gasteiger partial charge >= 0.3 is 6.09 Å². The molecule has 2 aliphatic heterocycles. The lowest BCUT2D eigenvalue weighted by atomic mass is 10.1. The van der Waals surface area contributed by atoms with Gasteiger partial charge in [0.1, 0.15) is 11.6 Å². The molecule has 1 aromatic heterocycles. The Morgan fingerprint density at radius 2 is 2.00 bits per heavy atom. The van der Waals surface area contributed by atoms with Crippen LogP contribution < -0.4 is 10.4 Å². The maximum absolute atomic E-state index is 14.8. The van der Waals surface area contributed by atoms with Gasteiger partial charge in [-0.05, 0) is 44.9 Å². The molecule has 2 aromatic rings. The predicted octanol–water partition coefficient (Wildman–Crippen LogP) is 3.83. The second-order valence-corrected chi connectivity index (χ2v) is 8.86. The molecule has 0 radical (unpaired) electrons. The predicted molar refractivity (Wildman–Crippen MR) is 123 cm³/mol. The van der Waals surface area contributed by atoms with Gasteiger partial charge in [-0.15, -0.1) is 0 Å². The first-order valence-electron chi connectivity index (χ1n) is 11.7. The van der Waals surface area contributed by atoms with Crippen LogP contribution in [-0.4, -0.2) is 59.2 Å². The summed E-state index contributed by atoms with van der Waals surface area (Å²) in [5, 5.41) is 4.04. The van der Waals surface area contributed by atoms with Crippen LogP contribution in [-0.2, 0) is 16.1 Å². The van der Waals surface area contributed by atoms with Gasteiger partial charge in [-0.3, -0.25) is 15.0 Å². The number of hydrogen-bond acceptors (Lipinski definition) is 6. The van der Waals surface area contributed by atoms with Crippen LogP contribution in [0.25, 0.3) is 0 Å². The molecular weight excluding hydrogens is 444 g/mol. The van der Waals surface area contributed by atoms with Gasteiger partial charge < -0.3 is 14.5 Å². The van der Waals surface area contributed by atoms with Crippen molar-refractivity contribution in [1.82, 2.24) is 20.2 Å². The number of likely N-dealkylation sites (tertiary alicyclic amines) is 1. The molecule has 184 valence electrons. The number of hydroxylamine groups is 1. The van der Waals surface area contributed by atoms with E-state index in [2.05, 4.69) is 10.6 Å². The summed E-state index contributed by atoms with van der Waals surface area (Å²) < 4.78 is 36.1. The second-order valence-electron chi connectivity index (χ2n) is 8.86. The zero-order valence-electron chi connectivity index (χ0n) is 19.5. The fourth-order valence-electron chi connectivity index (χ4n) is 4.08. The Hall–Kier alpha value is -3.14. The number of amides is 1. The summed E-state index contributed by atoms with van der Waals surface area (Å²) in [5.74, 6) is -0.904. The zero-order valence-corrected chi connectivity index (χ0v) is 19.5. The van der Waals surface area contributed by atoms with Gasteiger partial charge in [0, 0.05) is 62.3 Å². The van der Waals surface area contributed by atoms with E-state index in [0.29, 0.717) is 32.6 Å². The molecule has 10 heteroatoms.